The number of amides is 4. The van der Waals surface area contributed by atoms with Gasteiger partial charge in [-0.15, -0.1) is 10.2 Å². The first-order valence-corrected chi connectivity index (χ1v) is 8.93. The third kappa shape index (κ3) is 4.48. The lowest BCUT2D eigenvalue weighted by molar-refractivity contribution is -0.132. The van der Waals surface area contributed by atoms with E-state index in [4.69, 9.17) is 9.15 Å². The summed E-state index contributed by atoms with van der Waals surface area (Å²) < 4.78 is 10.7. The van der Waals surface area contributed by atoms with Gasteiger partial charge in [-0.3, -0.25) is 14.9 Å². The molecule has 2 atom stereocenters. The number of morpholine rings is 1. The molecule has 2 aliphatic heterocycles. The largest absolute Gasteiger partial charge is 0.416 e. The topological polar surface area (TPSA) is 127 Å². The molecule has 0 spiro atoms. The van der Waals surface area contributed by atoms with E-state index in [-0.39, 0.29) is 35.3 Å². The zero-order valence-corrected chi connectivity index (χ0v) is 14.5. The second-order valence-electron chi connectivity index (χ2n) is 5.81. The molecule has 0 saturated carbocycles. The molecule has 11 heteroatoms. The predicted molar refractivity (Wildman–Crippen MR) is 85.8 cm³/mol. The summed E-state index contributed by atoms with van der Waals surface area (Å²) in [5, 5.41) is 12.9. The zero-order valence-electron chi connectivity index (χ0n) is 13.7. The van der Waals surface area contributed by atoms with Crippen LogP contribution in [-0.2, 0) is 20.7 Å². The Labute approximate surface area is 148 Å². The van der Waals surface area contributed by atoms with Crippen molar-refractivity contribution in [2.45, 2.75) is 24.6 Å². The van der Waals surface area contributed by atoms with Crippen LogP contribution in [0.2, 0.25) is 0 Å². The highest BCUT2D eigenvalue weighted by atomic mass is 32.2. The molecule has 2 saturated heterocycles. The van der Waals surface area contributed by atoms with Crippen LogP contribution < -0.4 is 10.6 Å². The van der Waals surface area contributed by atoms with Gasteiger partial charge in [0.15, 0.2) is 0 Å². The van der Waals surface area contributed by atoms with Crippen LogP contribution in [0, 0.1) is 5.92 Å². The molecule has 2 aliphatic rings. The highest BCUT2D eigenvalue weighted by Gasteiger charge is 2.34. The lowest BCUT2D eigenvalue weighted by atomic mass is 9.95. The van der Waals surface area contributed by atoms with E-state index in [1.54, 1.807) is 11.8 Å². The molecule has 1 aromatic rings. The van der Waals surface area contributed by atoms with Gasteiger partial charge in [0.25, 0.3) is 5.22 Å². The SMILES string of the molecule is CC1NC(=O)NC(=O)C1Cc1nnc(SCC(=O)N2CCOCC2)o1. The molecule has 2 unspecified atom stereocenters. The van der Waals surface area contributed by atoms with E-state index in [0.717, 1.165) is 11.8 Å². The molecule has 2 N–H and O–H groups in total. The van der Waals surface area contributed by atoms with Crippen LogP contribution in [-0.4, -0.2) is 71.0 Å². The molecular formula is C14H19N5O5S. The van der Waals surface area contributed by atoms with Crippen LogP contribution in [0.3, 0.4) is 0 Å². The Morgan fingerprint density at radius 3 is 2.80 bits per heavy atom. The summed E-state index contributed by atoms with van der Waals surface area (Å²) in [7, 11) is 0. The van der Waals surface area contributed by atoms with Crippen molar-refractivity contribution in [3.05, 3.63) is 5.89 Å². The number of hydrogen-bond acceptors (Lipinski definition) is 8. The van der Waals surface area contributed by atoms with Crippen molar-refractivity contribution in [1.82, 2.24) is 25.7 Å². The third-order valence-electron chi connectivity index (χ3n) is 4.06. The summed E-state index contributed by atoms with van der Waals surface area (Å²) in [6, 6.07) is -0.829. The molecule has 2 fully saturated rings. The zero-order chi connectivity index (χ0) is 17.8. The van der Waals surface area contributed by atoms with Crippen LogP contribution in [0.1, 0.15) is 12.8 Å². The number of nitrogens with zero attached hydrogens (tertiary/aromatic N) is 3. The van der Waals surface area contributed by atoms with Gasteiger partial charge in [-0.2, -0.15) is 0 Å². The Bertz CT molecular complexity index is 660. The summed E-state index contributed by atoms with van der Waals surface area (Å²) in [5.41, 5.74) is 0. The molecule has 0 bridgehead atoms. The highest BCUT2D eigenvalue weighted by Crippen LogP contribution is 2.20. The number of aromatic nitrogens is 2. The van der Waals surface area contributed by atoms with E-state index in [2.05, 4.69) is 20.8 Å². The Morgan fingerprint density at radius 1 is 1.32 bits per heavy atom. The number of carbonyl (C=O) groups excluding carboxylic acids is 3. The molecule has 10 nitrogen and oxygen atoms in total. The van der Waals surface area contributed by atoms with E-state index in [1.807, 2.05) is 0 Å². The first kappa shape index (κ1) is 17.7. The number of nitrogens with one attached hydrogen (secondary N) is 2. The van der Waals surface area contributed by atoms with Crippen molar-refractivity contribution in [3.63, 3.8) is 0 Å². The Morgan fingerprint density at radius 2 is 2.08 bits per heavy atom. The monoisotopic (exact) mass is 369 g/mol. The van der Waals surface area contributed by atoms with Crippen LogP contribution in [0.5, 0.6) is 0 Å². The molecule has 1 aromatic heterocycles. The van der Waals surface area contributed by atoms with Gasteiger partial charge in [0.05, 0.1) is 24.9 Å². The van der Waals surface area contributed by atoms with Crippen molar-refractivity contribution >= 4 is 29.6 Å². The smallest absolute Gasteiger partial charge is 0.321 e. The fourth-order valence-electron chi connectivity index (χ4n) is 2.64. The molecule has 136 valence electrons. The molecule has 4 amide bonds. The van der Waals surface area contributed by atoms with Gasteiger partial charge in [0, 0.05) is 25.6 Å². The fraction of sp³-hybridized carbons (Fsp3) is 0.643. The molecule has 25 heavy (non-hydrogen) atoms. The number of ether oxygens (including phenoxy) is 1. The average Bonchev–Trinajstić information content (AvgIpc) is 3.04. The molecule has 3 heterocycles. The van der Waals surface area contributed by atoms with Gasteiger partial charge in [-0.25, -0.2) is 4.79 Å². The van der Waals surface area contributed by atoms with Crippen LogP contribution >= 0.6 is 11.8 Å². The van der Waals surface area contributed by atoms with Gasteiger partial charge >= 0.3 is 6.03 Å². The molecule has 3 rings (SSSR count). The first-order valence-electron chi connectivity index (χ1n) is 7.95. The van der Waals surface area contributed by atoms with E-state index in [9.17, 15) is 14.4 Å². The van der Waals surface area contributed by atoms with Gasteiger partial charge < -0.3 is 19.4 Å². The number of thioether (sulfide) groups is 1. The van der Waals surface area contributed by atoms with Crippen molar-refractivity contribution < 1.29 is 23.5 Å². The molecule has 0 aromatic carbocycles. The number of hydrogen-bond donors (Lipinski definition) is 2. The Balaban J connectivity index is 1.51. The normalized spacial score (nSPS) is 24.0. The van der Waals surface area contributed by atoms with Crippen molar-refractivity contribution in [2.24, 2.45) is 5.92 Å². The second-order valence-corrected chi connectivity index (χ2v) is 6.73. The minimum absolute atomic E-state index is 0.00366. The van der Waals surface area contributed by atoms with Crippen LogP contribution in [0.25, 0.3) is 0 Å². The number of urea groups is 1. The van der Waals surface area contributed by atoms with Gasteiger partial charge in [0.1, 0.15) is 0 Å². The fourth-order valence-corrected chi connectivity index (χ4v) is 3.32. The number of imide groups is 1. The van der Waals surface area contributed by atoms with E-state index in [0.29, 0.717) is 32.2 Å². The maximum absolute atomic E-state index is 12.1. The lowest BCUT2D eigenvalue weighted by Crippen LogP contribution is -2.57. The summed E-state index contributed by atoms with van der Waals surface area (Å²) in [5.74, 6) is -0.351. The van der Waals surface area contributed by atoms with Gasteiger partial charge in [-0.1, -0.05) is 11.8 Å². The molecule has 0 aliphatic carbocycles. The van der Waals surface area contributed by atoms with Crippen LogP contribution in [0.4, 0.5) is 4.79 Å². The van der Waals surface area contributed by atoms with E-state index in [1.165, 1.54) is 0 Å². The first-order chi connectivity index (χ1) is 12.0. The standard InChI is InChI=1S/C14H19N5O5S/c1-8-9(12(21)16-13(22)15-8)6-10-17-18-14(24-10)25-7-11(20)19-2-4-23-5-3-19/h8-9H,2-7H2,1H3,(H2,15,16,21,22). The maximum atomic E-state index is 12.1. The average molecular weight is 369 g/mol. The van der Waals surface area contributed by atoms with Crippen molar-refractivity contribution in [1.29, 1.82) is 0 Å². The molecular weight excluding hydrogens is 350 g/mol. The highest BCUT2D eigenvalue weighted by molar-refractivity contribution is 7.99. The third-order valence-corrected chi connectivity index (χ3v) is 4.86. The number of carbonyl (C=O) groups is 3. The van der Waals surface area contributed by atoms with Crippen LogP contribution in [0.15, 0.2) is 9.64 Å². The molecule has 0 radical (unpaired) electrons. The van der Waals surface area contributed by atoms with Crippen molar-refractivity contribution in [3.8, 4) is 0 Å². The van der Waals surface area contributed by atoms with Gasteiger partial charge in [-0.05, 0) is 6.92 Å². The summed E-state index contributed by atoms with van der Waals surface area (Å²) in [6.45, 7) is 4.04. The Hall–Kier alpha value is -2.14. The number of rotatable bonds is 5. The minimum Gasteiger partial charge on any atom is -0.416 e. The summed E-state index contributed by atoms with van der Waals surface area (Å²) in [6.07, 6.45) is 0.220. The second kappa shape index (κ2) is 7.83. The minimum atomic E-state index is -0.503. The van der Waals surface area contributed by atoms with E-state index >= 15 is 0 Å². The summed E-state index contributed by atoms with van der Waals surface area (Å²) in [4.78, 5) is 36.9. The quantitative estimate of drug-likeness (QED) is 0.659. The lowest BCUT2D eigenvalue weighted by Gasteiger charge is -2.27. The maximum Gasteiger partial charge on any atom is 0.321 e. The predicted octanol–water partition coefficient (Wildman–Crippen LogP) is -0.593. The van der Waals surface area contributed by atoms with Crippen molar-refractivity contribution in [2.75, 3.05) is 32.1 Å². The summed E-state index contributed by atoms with van der Waals surface area (Å²) >= 11 is 1.16. The van der Waals surface area contributed by atoms with E-state index < -0.39 is 11.9 Å². The van der Waals surface area contributed by atoms with Gasteiger partial charge in [0.2, 0.25) is 17.7 Å². The Kier molecular flexibility index (Phi) is 5.53.